The van der Waals surface area contributed by atoms with Crippen LogP contribution in [0.3, 0.4) is 0 Å². The first kappa shape index (κ1) is 12.7. The van der Waals surface area contributed by atoms with Gasteiger partial charge in [-0.2, -0.15) is 0 Å². The van der Waals surface area contributed by atoms with Crippen molar-refractivity contribution in [2.24, 2.45) is 0 Å². The summed E-state index contributed by atoms with van der Waals surface area (Å²) in [5.74, 6) is 0.176. The van der Waals surface area contributed by atoms with E-state index in [9.17, 15) is 8.42 Å². The van der Waals surface area contributed by atoms with Gasteiger partial charge in [-0.25, -0.2) is 8.42 Å². The Bertz CT molecular complexity index is 506. The number of hydrogen-bond donors (Lipinski definition) is 1. The highest BCUT2D eigenvalue weighted by Crippen LogP contribution is 2.15. The van der Waals surface area contributed by atoms with Crippen LogP contribution in [0.1, 0.15) is 5.56 Å². The quantitative estimate of drug-likeness (QED) is 0.847. The van der Waals surface area contributed by atoms with Crippen LogP contribution in [-0.2, 0) is 16.4 Å². The van der Waals surface area contributed by atoms with Crippen molar-refractivity contribution in [2.45, 2.75) is 17.5 Å². The van der Waals surface area contributed by atoms with Gasteiger partial charge in [0.15, 0.2) is 9.84 Å². The number of sulfone groups is 1. The van der Waals surface area contributed by atoms with Crippen molar-refractivity contribution in [2.75, 3.05) is 12.0 Å². The van der Waals surface area contributed by atoms with Crippen molar-refractivity contribution < 1.29 is 8.42 Å². The van der Waals surface area contributed by atoms with Crippen LogP contribution in [0.4, 0.5) is 0 Å². The fraction of sp³-hybridized carbons (Fsp3) is 0.333. The molecule has 0 aliphatic carbocycles. The van der Waals surface area contributed by atoms with E-state index in [2.05, 4.69) is 29.6 Å². The Morgan fingerprint density at radius 1 is 1.35 bits per heavy atom. The molecule has 0 bridgehead atoms. The molecule has 1 aromatic carbocycles. The Labute approximate surface area is 106 Å². The molecule has 1 aromatic rings. The minimum atomic E-state index is -2.96. The van der Waals surface area contributed by atoms with Crippen LogP contribution in [0.5, 0.6) is 0 Å². The van der Waals surface area contributed by atoms with Crippen LogP contribution in [0.2, 0.25) is 0 Å². The second-order valence-electron chi connectivity index (χ2n) is 3.99. The average Bonchev–Trinajstić information content (AvgIpc) is 2.67. The number of rotatable bonds is 4. The standard InChI is InChI=1S/C12H15NO2S2/c1-16-12-4-2-10(3-5-12)8-13-11-6-7-17(14,15)9-11/h2-7,11,13H,8-9H2,1H3. The van der Waals surface area contributed by atoms with Gasteiger partial charge in [0.05, 0.1) is 5.75 Å². The van der Waals surface area contributed by atoms with Crippen LogP contribution >= 0.6 is 11.8 Å². The van der Waals surface area contributed by atoms with Gasteiger partial charge >= 0.3 is 0 Å². The summed E-state index contributed by atoms with van der Waals surface area (Å²) in [5, 5.41) is 4.51. The SMILES string of the molecule is CSc1ccc(CNC2C=CS(=O)(=O)C2)cc1. The molecule has 92 valence electrons. The molecule has 0 radical (unpaired) electrons. The molecule has 3 nitrogen and oxygen atoms in total. The molecule has 2 rings (SSSR count). The van der Waals surface area contributed by atoms with Gasteiger partial charge in [0, 0.05) is 22.9 Å². The summed E-state index contributed by atoms with van der Waals surface area (Å²) in [6.45, 7) is 0.694. The Morgan fingerprint density at radius 3 is 2.59 bits per heavy atom. The van der Waals surface area contributed by atoms with E-state index in [1.807, 2.05) is 6.26 Å². The van der Waals surface area contributed by atoms with Gasteiger partial charge in [-0.1, -0.05) is 18.2 Å². The van der Waals surface area contributed by atoms with Crippen molar-refractivity contribution in [3.8, 4) is 0 Å². The van der Waals surface area contributed by atoms with Crippen molar-refractivity contribution in [3.05, 3.63) is 41.3 Å². The predicted molar refractivity (Wildman–Crippen MR) is 71.8 cm³/mol. The zero-order valence-corrected chi connectivity index (χ0v) is 11.2. The molecule has 1 aliphatic rings. The summed E-state index contributed by atoms with van der Waals surface area (Å²) in [7, 11) is -2.96. The number of hydrogen-bond acceptors (Lipinski definition) is 4. The maximum atomic E-state index is 11.2. The summed E-state index contributed by atoms with van der Waals surface area (Å²) in [4.78, 5) is 1.23. The largest absolute Gasteiger partial charge is 0.305 e. The van der Waals surface area contributed by atoms with Crippen LogP contribution in [0.15, 0.2) is 40.6 Å². The van der Waals surface area contributed by atoms with E-state index >= 15 is 0 Å². The van der Waals surface area contributed by atoms with E-state index in [0.717, 1.165) is 0 Å². The van der Waals surface area contributed by atoms with Gasteiger partial charge in [0.25, 0.3) is 0 Å². The van der Waals surface area contributed by atoms with Gasteiger partial charge in [0.1, 0.15) is 0 Å². The summed E-state index contributed by atoms with van der Waals surface area (Å²) in [6.07, 6.45) is 3.76. The maximum Gasteiger partial charge on any atom is 0.173 e. The maximum absolute atomic E-state index is 11.2. The zero-order chi connectivity index (χ0) is 12.3. The monoisotopic (exact) mass is 269 g/mol. The van der Waals surface area contributed by atoms with Gasteiger partial charge in [-0.05, 0) is 24.0 Å². The average molecular weight is 269 g/mol. The van der Waals surface area contributed by atoms with Crippen LogP contribution in [-0.4, -0.2) is 26.5 Å². The fourth-order valence-electron chi connectivity index (χ4n) is 1.70. The van der Waals surface area contributed by atoms with Crippen molar-refractivity contribution in [1.82, 2.24) is 5.32 Å². The van der Waals surface area contributed by atoms with E-state index in [1.165, 1.54) is 15.9 Å². The highest BCUT2D eigenvalue weighted by molar-refractivity contribution is 7.98. The first-order valence-corrected chi connectivity index (χ1v) is 8.30. The molecule has 0 amide bonds. The van der Waals surface area contributed by atoms with E-state index in [4.69, 9.17) is 0 Å². The smallest absolute Gasteiger partial charge is 0.173 e. The van der Waals surface area contributed by atoms with Gasteiger partial charge < -0.3 is 5.32 Å². The normalized spacial score (nSPS) is 21.8. The second kappa shape index (κ2) is 5.25. The van der Waals surface area contributed by atoms with E-state index < -0.39 is 9.84 Å². The van der Waals surface area contributed by atoms with Crippen molar-refractivity contribution in [1.29, 1.82) is 0 Å². The molecule has 0 spiro atoms. The lowest BCUT2D eigenvalue weighted by molar-refractivity contribution is 0.590. The highest BCUT2D eigenvalue weighted by Gasteiger charge is 2.20. The van der Waals surface area contributed by atoms with E-state index in [-0.39, 0.29) is 11.8 Å². The lowest BCUT2D eigenvalue weighted by atomic mass is 10.2. The summed E-state index contributed by atoms with van der Waals surface area (Å²) in [6, 6.07) is 8.21. The predicted octanol–water partition coefficient (Wildman–Crippen LogP) is 1.81. The molecular formula is C12H15NO2S2. The van der Waals surface area contributed by atoms with Crippen molar-refractivity contribution in [3.63, 3.8) is 0 Å². The van der Waals surface area contributed by atoms with Gasteiger partial charge in [-0.15, -0.1) is 11.8 Å². The summed E-state index contributed by atoms with van der Waals surface area (Å²) in [5.41, 5.74) is 1.17. The molecule has 1 N–H and O–H groups in total. The van der Waals surface area contributed by atoms with E-state index in [0.29, 0.717) is 6.54 Å². The summed E-state index contributed by atoms with van der Waals surface area (Å²) >= 11 is 1.71. The van der Waals surface area contributed by atoms with E-state index in [1.54, 1.807) is 17.8 Å². The Balaban J connectivity index is 1.88. The number of benzene rings is 1. The minimum Gasteiger partial charge on any atom is -0.305 e. The molecule has 0 fully saturated rings. The van der Waals surface area contributed by atoms with Crippen molar-refractivity contribution >= 4 is 21.6 Å². The topological polar surface area (TPSA) is 46.2 Å². The highest BCUT2D eigenvalue weighted by atomic mass is 32.2. The Kier molecular flexibility index (Phi) is 3.91. The third-order valence-electron chi connectivity index (χ3n) is 2.66. The molecule has 0 saturated carbocycles. The lowest BCUT2D eigenvalue weighted by Crippen LogP contribution is -2.29. The molecule has 1 aliphatic heterocycles. The minimum absolute atomic E-state index is 0.0553. The molecule has 1 atom stereocenters. The fourth-order valence-corrected chi connectivity index (χ4v) is 3.37. The third kappa shape index (κ3) is 3.59. The second-order valence-corrected chi connectivity index (χ2v) is 6.80. The van der Waals surface area contributed by atoms with Crippen LogP contribution in [0, 0.1) is 0 Å². The van der Waals surface area contributed by atoms with Gasteiger partial charge in [-0.3, -0.25) is 0 Å². The number of nitrogens with one attached hydrogen (secondary N) is 1. The lowest BCUT2D eigenvalue weighted by Gasteiger charge is -2.09. The molecular weight excluding hydrogens is 254 g/mol. The first-order valence-electron chi connectivity index (χ1n) is 5.36. The van der Waals surface area contributed by atoms with Crippen LogP contribution in [0.25, 0.3) is 0 Å². The summed E-state index contributed by atoms with van der Waals surface area (Å²) < 4.78 is 22.4. The molecule has 17 heavy (non-hydrogen) atoms. The first-order chi connectivity index (χ1) is 8.09. The Morgan fingerprint density at radius 2 is 2.06 bits per heavy atom. The molecule has 5 heteroatoms. The molecule has 1 unspecified atom stereocenters. The zero-order valence-electron chi connectivity index (χ0n) is 9.59. The molecule has 0 aromatic heterocycles. The number of thioether (sulfide) groups is 1. The molecule has 1 heterocycles. The van der Waals surface area contributed by atoms with Gasteiger partial charge in [0.2, 0.25) is 0 Å². The van der Waals surface area contributed by atoms with Crippen LogP contribution < -0.4 is 5.32 Å². The third-order valence-corrected chi connectivity index (χ3v) is 4.80. The molecule has 0 saturated heterocycles. The Hall–Kier alpha value is -0.780.